The normalized spacial score (nSPS) is 14.7. The van der Waals surface area contributed by atoms with Crippen LogP contribution in [0.25, 0.3) is 0 Å². The lowest BCUT2D eigenvalue weighted by molar-refractivity contribution is -0.125. The fourth-order valence-electron chi connectivity index (χ4n) is 5.64. The number of aryl methyl sites for hydroxylation is 3. The van der Waals surface area contributed by atoms with Gasteiger partial charge in [0, 0.05) is 25.3 Å². The molecule has 3 aromatic carbocycles. The second kappa shape index (κ2) is 14.6. The number of ether oxygens (including phenoxy) is 3. The molecule has 7 heteroatoms. The van der Waals surface area contributed by atoms with Crippen molar-refractivity contribution in [3.63, 3.8) is 0 Å². The minimum Gasteiger partial charge on any atom is -0.493 e. The molecule has 1 amide bonds. The molecule has 1 N–H and O–H groups in total. The first-order chi connectivity index (χ1) is 21.1. The molecule has 1 aromatic heterocycles. The van der Waals surface area contributed by atoms with E-state index in [9.17, 15) is 4.79 Å². The molecule has 7 nitrogen and oxygen atoms in total. The molecular formula is C36H41N3O4. The summed E-state index contributed by atoms with van der Waals surface area (Å²) in [5.74, 6) is 4.05. The van der Waals surface area contributed by atoms with Crippen LogP contribution in [0.2, 0.25) is 0 Å². The van der Waals surface area contributed by atoms with Crippen molar-refractivity contribution < 1.29 is 19.0 Å². The average Bonchev–Trinajstić information content (AvgIpc) is 3.06. The van der Waals surface area contributed by atoms with Crippen LogP contribution in [-0.2, 0) is 30.6 Å². The van der Waals surface area contributed by atoms with Gasteiger partial charge < -0.3 is 24.4 Å². The molecule has 43 heavy (non-hydrogen) atoms. The Hall–Kier alpha value is -4.52. The van der Waals surface area contributed by atoms with E-state index < -0.39 is 0 Å². The standard InChI is InChI=1S/C36H41N3O4/c1-4-28-21-26(23-33(41-2)35(28)42-3)18-19-30-13-9-17-34(38-30)39-20-10-12-29(25-39)36(40)37-24-27-11-8-16-32(22-27)43-31-14-6-5-7-15-31/h5-9,11,13-17,21-23,29H,4,10,12,18-20,24-25H2,1-3H3,(H,37,40). The Morgan fingerprint density at radius 1 is 0.907 bits per heavy atom. The van der Waals surface area contributed by atoms with E-state index in [2.05, 4.69) is 41.4 Å². The van der Waals surface area contributed by atoms with Crippen LogP contribution < -0.4 is 24.4 Å². The van der Waals surface area contributed by atoms with E-state index in [0.717, 1.165) is 84.3 Å². The number of amides is 1. The van der Waals surface area contributed by atoms with Crippen molar-refractivity contribution >= 4 is 11.7 Å². The average molecular weight is 580 g/mol. The zero-order valence-corrected chi connectivity index (χ0v) is 25.3. The highest BCUT2D eigenvalue weighted by molar-refractivity contribution is 5.79. The Bertz CT molecular complexity index is 1480. The lowest BCUT2D eigenvalue weighted by atomic mass is 9.97. The number of aromatic nitrogens is 1. The van der Waals surface area contributed by atoms with Crippen LogP contribution in [0, 0.1) is 5.92 Å². The maximum absolute atomic E-state index is 13.2. The summed E-state index contributed by atoms with van der Waals surface area (Å²) in [7, 11) is 3.36. The highest BCUT2D eigenvalue weighted by Gasteiger charge is 2.26. The van der Waals surface area contributed by atoms with Gasteiger partial charge in [0.15, 0.2) is 11.5 Å². The van der Waals surface area contributed by atoms with Crippen molar-refractivity contribution in [2.75, 3.05) is 32.2 Å². The van der Waals surface area contributed by atoms with E-state index in [1.807, 2.05) is 60.7 Å². The van der Waals surface area contributed by atoms with Gasteiger partial charge in [-0.3, -0.25) is 4.79 Å². The number of benzene rings is 3. The largest absolute Gasteiger partial charge is 0.493 e. The third kappa shape index (κ3) is 7.86. The number of hydrogen-bond acceptors (Lipinski definition) is 6. The van der Waals surface area contributed by atoms with Crippen LogP contribution in [0.1, 0.15) is 42.1 Å². The van der Waals surface area contributed by atoms with Crippen LogP contribution in [0.15, 0.2) is 84.9 Å². The second-order valence-corrected chi connectivity index (χ2v) is 10.9. The van der Waals surface area contributed by atoms with Gasteiger partial charge in [0.2, 0.25) is 5.91 Å². The Kier molecular flexibility index (Phi) is 10.2. The van der Waals surface area contributed by atoms with Crippen LogP contribution in [-0.4, -0.2) is 38.2 Å². The topological polar surface area (TPSA) is 72.9 Å². The fourth-order valence-corrected chi connectivity index (χ4v) is 5.64. The molecule has 224 valence electrons. The van der Waals surface area contributed by atoms with Gasteiger partial charge >= 0.3 is 0 Å². The van der Waals surface area contributed by atoms with E-state index in [1.54, 1.807) is 14.2 Å². The predicted octanol–water partition coefficient (Wildman–Crippen LogP) is 6.77. The van der Waals surface area contributed by atoms with E-state index in [1.165, 1.54) is 5.56 Å². The molecule has 5 rings (SSSR count). The van der Waals surface area contributed by atoms with Gasteiger partial charge in [-0.1, -0.05) is 49.4 Å². The number of pyridine rings is 1. The van der Waals surface area contributed by atoms with E-state index in [-0.39, 0.29) is 11.8 Å². The van der Waals surface area contributed by atoms with E-state index >= 15 is 0 Å². The zero-order chi connectivity index (χ0) is 30.0. The van der Waals surface area contributed by atoms with E-state index in [4.69, 9.17) is 19.2 Å². The third-order valence-corrected chi connectivity index (χ3v) is 7.92. The van der Waals surface area contributed by atoms with Crippen LogP contribution >= 0.6 is 0 Å². The molecule has 4 aromatic rings. The number of para-hydroxylation sites is 1. The number of methoxy groups -OCH3 is 2. The van der Waals surface area contributed by atoms with Gasteiger partial charge in [-0.15, -0.1) is 0 Å². The lowest BCUT2D eigenvalue weighted by Gasteiger charge is -2.33. The summed E-state index contributed by atoms with van der Waals surface area (Å²) in [6.45, 7) is 4.15. The SMILES string of the molecule is CCc1cc(CCc2cccc(N3CCCC(C(=O)NCc4cccc(Oc5ccccc5)c4)C3)n2)cc(OC)c1OC. The number of anilines is 1. The molecule has 1 atom stereocenters. The minimum atomic E-state index is -0.0813. The Morgan fingerprint density at radius 2 is 1.72 bits per heavy atom. The minimum absolute atomic E-state index is 0.0791. The van der Waals surface area contributed by atoms with Crippen molar-refractivity contribution in [2.24, 2.45) is 5.92 Å². The van der Waals surface area contributed by atoms with Crippen LogP contribution in [0.5, 0.6) is 23.0 Å². The van der Waals surface area contributed by atoms with Crippen LogP contribution in [0.4, 0.5) is 5.82 Å². The van der Waals surface area contributed by atoms with Gasteiger partial charge in [-0.2, -0.15) is 0 Å². The third-order valence-electron chi connectivity index (χ3n) is 7.92. The summed E-state index contributed by atoms with van der Waals surface area (Å²) < 4.78 is 17.1. The van der Waals surface area contributed by atoms with Crippen molar-refractivity contribution in [1.29, 1.82) is 0 Å². The molecule has 1 aliphatic rings. The Morgan fingerprint density at radius 3 is 2.51 bits per heavy atom. The highest BCUT2D eigenvalue weighted by atomic mass is 16.5. The summed E-state index contributed by atoms with van der Waals surface area (Å²) >= 11 is 0. The number of nitrogens with one attached hydrogen (secondary N) is 1. The molecular weight excluding hydrogens is 538 g/mol. The van der Waals surface area contributed by atoms with Gasteiger partial charge in [0.25, 0.3) is 0 Å². The molecule has 0 bridgehead atoms. The smallest absolute Gasteiger partial charge is 0.225 e. The zero-order valence-electron chi connectivity index (χ0n) is 25.3. The quantitative estimate of drug-likeness (QED) is 0.200. The monoisotopic (exact) mass is 579 g/mol. The Labute approximate surface area is 254 Å². The van der Waals surface area contributed by atoms with Crippen molar-refractivity contribution in [1.82, 2.24) is 10.3 Å². The lowest BCUT2D eigenvalue weighted by Crippen LogP contribution is -2.43. The van der Waals surface area contributed by atoms with Gasteiger partial charge in [0.05, 0.1) is 20.1 Å². The maximum atomic E-state index is 13.2. The molecule has 1 unspecified atom stereocenters. The maximum Gasteiger partial charge on any atom is 0.225 e. The number of hydrogen-bond donors (Lipinski definition) is 1. The first-order valence-corrected chi connectivity index (χ1v) is 15.1. The van der Waals surface area contributed by atoms with Gasteiger partial charge in [0.1, 0.15) is 17.3 Å². The summed E-state index contributed by atoms with van der Waals surface area (Å²) in [5.41, 5.74) is 4.39. The van der Waals surface area contributed by atoms with Crippen molar-refractivity contribution in [3.8, 4) is 23.0 Å². The molecule has 0 aliphatic carbocycles. The predicted molar refractivity (Wildman–Crippen MR) is 170 cm³/mol. The molecule has 1 saturated heterocycles. The number of carbonyl (C=O) groups is 1. The number of carbonyl (C=O) groups excluding carboxylic acids is 1. The van der Waals surface area contributed by atoms with Gasteiger partial charge in [-0.25, -0.2) is 4.98 Å². The first kappa shape index (κ1) is 30.0. The van der Waals surface area contributed by atoms with Crippen molar-refractivity contribution in [2.45, 2.75) is 45.6 Å². The Balaban J connectivity index is 1.17. The first-order valence-electron chi connectivity index (χ1n) is 15.1. The summed E-state index contributed by atoms with van der Waals surface area (Å²) in [6.07, 6.45) is 4.37. The molecule has 0 radical (unpaired) electrons. The summed E-state index contributed by atoms with van der Waals surface area (Å²) in [4.78, 5) is 20.4. The highest BCUT2D eigenvalue weighted by Crippen LogP contribution is 2.33. The molecule has 0 spiro atoms. The molecule has 0 saturated carbocycles. The van der Waals surface area contributed by atoms with Crippen LogP contribution in [0.3, 0.4) is 0 Å². The fraction of sp³-hybridized carbons (Fsp3) is 0.333. The molecule has 2 heterocycles. The molecule has 1 fully saturated rings. The summed E-state index contributed by atoms with van der Waals surface area (Å²) in [5, 5.41) is 3.15. The number of piperidine rings is 1. The number of rotatable bonds is 12. The summed E-state index contributed by atoms with van der Waals surface area (Å²) in [6, 6.07) is 28.0. The number of nitrogens with zero attached hydrogens (tertiary/aromatic N) is 2. The van der Waals surface area contributed by atoms with Crippen molar-refractivity contribution in [3.05, 3.63) is 107 Å². The van der Waals surface area contributed by atoms with E-state index in [0.29, 0.717) is 13.1 Å². The second-order valence-electron chi connectivity index (χ2n) is 10.9. The molecule has 1 aliphatic heterocycles. The van der Waals surface area contributed by atoms with Gasteiger partial charge in [-0.05, 0) is 91.3 Å².